The van der Waals surface area contributed by atoms with Gasteiger partial charge in [0.2, 0.25) is 0 Å². The maximum atomic E-state index is 13.3. The Morgan fingerprint density at radius 2 is 1.81 bits per heavy atom. The number of nitrogens with two attached hydrogens (primary N) is 1. The first-order valence-corrected chi connectivity index (χ1v) is 8.57. The van der Waals surface area contributed by atoms with Crippen LogP contribution in [-0.2, 0) is 17.3 Å². The summed E-state index contributed by atoms with van der Waals surface area (Å²) >= 11 is 0. The molecule has 2 aromatic rings. The maximum Gasteiger partial charge on any atom is 0.431 e. The molecular formula is C19H19F3N2O3. The Morgan fingerprint density at radius 3 is 2.37 bits per heavy atom. The summed E-state index contributed by atoms with van der Waals surface area (Å²) in [7, 11) is 0. The van der Waals surface area contributed by atoms with E-state index in [2.05, 4.69) is 0 Å². The van der Waals surface area contributed by atoms with Crippen molar-refractivity contribution < 1.29 is 22.7 Å². The fourth-order valence-corrected chi connectivity index (χ4v) is 3.27. The summed E-state index contributed by atoms with van der Waals surface area (Å²) in [5.41, 5.74) is 3.21. The first-order chi connectivity index (χ1) is 12.8. The number of hydrogen-bond acceptors (Lipinski definition) is 3. The summed E-state index contributed by atoms with van der Waals surface area (Å²) in [6.45, 7) is 1.45. The standard InChI is InChI=1S/C19H19F3N2O3/c20-19(21,22)16-14(10-15(17(23)25)18(26)24-16)13-3-1-11(2-4-13)9-12-5-7-27-8-6-12/h1-4,10,12H,5-9H2,(H2,23,25)(H,24,26). The molecule has 1 amide bonds. The molecule has 3 N–H and O–H groups in total. The molecule has 0 atom stereocenters. The number of halogens is 3. The molecule has 5 nitrogen and oxygen atoms in total. The molecule has 1 aliphatic heterocycles. The lowest BCUT2D eigenvalue weighted by atomic mass is 9.91. The Hall–Kier alpha value is -2.61. The minimum Gasteiger partial charge on any atom is -0.381 e. The van der Waals surface area contributed by atoms with Crippen LogP contribution in [0.3, 0.4) is 0 Å². The van der Waals surface area contributed by atoms with E-state index < -0.39 is 28.9 Å². The van der Waals surface area contributed by atoms with Gasteiger partial charge in [-0.3, -0.25) is 9.59 Å². The predicted octanol–water partition coefficient (Wildman–Crippen LogP) is 3.13. The van der Waals surface area contributed by atoms with E-state index in [1.807, 2.05) is 0 Å². The highest BCUT2D eigenvalue weighted by Gasteiger charge is 2.36. The third-order valence-electron chi connectivity index (χ3n) is 4.72. The van der Waals surface area contributed by atoms with Crippen molar-refractivity contribution in [2.24, 2.45) is 11.7 Å². The van der Waals surface area contributed by atoms with Gasteiger partial charge in [0.1, 0.15) is 11.3 Å². The number of amides is 1. The number of aromatic nitrogens is 1. The van der Waals surface area contributed by atoms with E-state index >= 15 is 0 Å². The van der Waals surface area contributed by atoms with E-state index in [1.165, 1.54) is 0 Å². The van der Waals surface area contributed by atoms with Crippen molar-refractivity contribution in [3.05, 3.63) is 57.5 Å². The fraction of sp³-hybridized carbons (Fsp3) is 0.368. The predicted molar refractivity (Wildman–Crippen MR) is 93.3 cm³/mol. The highest BCUT2D eigenvalue weighted by molar-refractivity contribution is 5.93. The summed E-state index contributed by atoms with van der Waals surface area (Å²) in [4.78, 5) is 24.8. The van der Waals surface area contributed by atoms with Gasteiger partial charge in [0.15, 0.2) is 0 Å². The van der Waals surface area contributed by atoms with Crippen LogP contribution in [0.25, 0.3) is 11.1 Å². The molecular weight excluding hydrogens is 361 g/mol. The Labute approximate surface area is 153 Å². The van der Waals surface area contributed by atoms with Crippen LogP contribution >= 0.6 is 0 Å². The molecule has 8 heteroatoms. The van der Waals surface area contributed by atoms with Crippen molar-refractivity contribution in [2.75, 3.05) is 13.2 Å². The molecule has 0 aliphatic carbocycles. The molecule has 0 spiro atoms. The van der Waals surface area contributed by atoms with E-state index in [0.717, 1.165) is 44.1 Å². The van der Waals surface area contributed by atoms with Crippen LogP contribution in [-0.4, -0.2) is 24.1 Å². The minimum absolute atomic E-state index is 0.247. The van der Waals surface area contributed by atoms with Crippen LogP contribution in [0.1, 0.15) is 34.5 Å². The number of primary amides is 1. The number of pyridine rings is 1. The van der Waals surface area contributed by atoms with E-state index in [-0.39, 0.29) is 11.1 Å². The molecule has 1 aromatic carbocycles. The number of carbonyl (C=O) groups is 1. The van der Waals surface area contributed by atoms with E-state index in [9.17, 15) is 22.8 Å². The van der Waals surface area contributed by atoms with Crippen LogP contribution in [0.15, 0.2) is 35.1 Å². The lowest BCUT2D eigenvalue weighted by molar-refractivity contribution is -0.140. The van der Waals surface area contributed by atoms with Crippen molar-refractivity contribution in [3.63, 3.8) is 0 Å². The van der Waals surface area contributed by atoms with Crippen molar-refractivity contribution >= 4 is 5.91 Å². The zero-order valence-corrected chi connectivity index (χ0v) is 14.4. The normalized spacial score (nSPS) is 15.7. The number of alkyl halides is 3. The SMILES string of the molecule is NC(=O)c1cc(-c2ccc(CC3CCOCC3)cc2)c(C(F)(F)F)[nH]c1=O. The van der Waals surface area contributed by atoms with Crippen LogP contribution in [0, 0.1) is 5.92 Å². The number of nitrogens with one attached hydrogen (secondary N) is 1. The third kappa shape index (κ3) is 4.39. The molecule has 0 unspecified atom stereocenters. The highest BCUT2D eigenvalue weighted by Crippen LogP contribution is 2.35. The second-order valence-corrected chi connectivity index (χ2v) is 6.62. The van der Waals surface area contributed by atoms with Crippen molar-refractivity contribution in [1.29, 1.82) is 0 Å². The number of H-pyrrole nitrogens is 1. The molecule has 144 valence electrons. The summed E-state index contributed by atoms with van der Waals surface area (Å²) in [5, 5.41) is 0. The van der Waals surface area contributed by atoms with Crippen molar-refractivity contribution in [3.8, 4) is 11.1 Å². The fourth-order valence-electron chi connectivity index (χ4n) is 3.27. The van der Waals surface area contributed by atoms with Gasteiger partial charge < -0.3 is 15.5 Å². The second kappa shape index (κ2) is 7.56. The van der Waals surface area contributed by atoms with Gasteiger partial charge in [-0.2, -0.15) is 13.2 Å². The number of carbonyl (C=O) groups excluding carboxylic acids is 1. The topological polar surface area (TPSA) is 85.2 Å². The van der Waals surface area contributed by atoms with Gasteiger partial charge in [-0.05, 0) is 42.4 Å². The first kappa shape index (κ1) is 19.2. The molecule has 1 aliphatic rings. The Balaban J connectivity index is 1.95. The number of ether oxygens (including phenoxy) is 1. The minimum atomic E-state index is -4.77. The zero-order chi connectivity index (χ0) is 19.6. The summed E-state index contributed by atoms with van der Waals surface area (Å²) in [5.74, 6) is -0.591. The van der Waals surface area contributed by atoms with E-state index in [4.69, 9.17) is 10.5 Å². The monoisotopic (exact) mass is 380 g/mol. The zero-order valence-electron chi connectivity index (χ0n) is 14.4. The third-order valence-corrected chi connectivity index (χ3v) is 4.72. The molecule has 1 saturated heterocycles. The molecule has 1 aromatic heterocycles. The lowest BCUT2D eigenvalue weighted by Crippen LogP contribution is -2.27. The molecule has 3 rings (SSSR count). The number of rotatable bonds is 4. The van der Waals surface area contributed by atoms with Gasteiger partial charge >= 0.3 is 6.18 Å². The van der Waals surface area contributed by atoms with Gasteiger partial charge in [0, 0.05) is 18.8 Å². The van der Waals surface area contributed by atoms with Crippen molar-refractivity contribution in [1.82, 2.24) is 4.98 Å². The molecule has 0 saturated carbocycles. The van der Waals surface area contributed by atoms with Gasteiger partial charge in [-0.1, -0.05) is 24.3 Å². The molecule has 2 heterocycles. The molecule has 0 bridgehead atoms. The first-order valence-electron chi connectivity index (χ1n) is 8.57. The van der Waals surface area contributed by atoms with Crippen LogP contribution in [0.4, 0.5) is 13.2 Å². The van der Waals surface area contributed by atoms with E-state index in [0.29, 0.717) is 5.92 Å². The highest BCUT2D eigenvalue weighted by atomic mass is 19.4. The van der Waals surface area contributed by atoms with Crippen molar-refractivity contribution in [2.45, 2.75) is 25.4 Å². The molecule has 27 heavy (non-hydrogen) atoms. The maximum absolute atomic E-state index is 13.3. The Bertz CT molecular complexity index is 883. The number of benzene rings is 1. The second-order valence-electron chi connectivity index (χ2n) is 6.62. The van der Waals surface area contributed by atoms with Crippen LogP contribution in [0.5, 0.6) is 0 Å². The van der Waals surface area contributed by atoms with Gasteiger partial charge in [-0.25, -0.2) is 0 Å². The van der Waals surface area contributed by atoms with Crippen LogP contribution < -0.4 is 11.3 Å². The largest absolute Gasteiger partial charge is 0.431 e. The summed E-state index contributed by atoms with van der Waals surface area (Å²) in [6.07, 6.45) is -2.02. The average Bonchev–Trinajstić information content (AvgIpc) is 2.62. The van der Waals surface area contributed by atoms with E-state index in [1.54, 1.807) is 29.2 Å². The Morgan fingerprint density at radius 1 is 1.19 bits per heavy atom. The quantitative estimate of drug-likeness (QED) is 0.855. The van der Waals surface area contributed by atoms with Gasteiger partial charge in [0.05, 0.1) is 0 Å². The van der Waals surface area contributed by atoms with Crippen LogP contribution in [0.2, 0.25) is 0 Å². The van der Waals surface area contributed by atoms with Gasteiger partial charge in [0.25, 0.3) is 11.5 Å². The smallest absolute Gasteiger partial charge is 0.381 e. The Kier molecular flexibility index (Phi) is 5.36. The summed E-state index contributed by atoms with van der Waals surface area (Å²) < 4.78 is 45.3. The number of aromatic amines is 1. The molecule has 0 radical (unpaired) electrons. The summed E-state index contributed by atoms with van der Waals surface area (Å²) in [6, 6.07) is 7.54. The lowest BCUT2D eigenvalue weighted by Gasteiger charge is -2.22. The average molecular weight is 380 g/mol. The number of hydrogen-bond donors (Lipinski definition) is 2. The van der Waals surface area contributed by atoms with Gasteiger partial charge in [-0.15, -0.1) is 0 Å². The molecule has 1 fully saturated rings.